The van der Waals surface area contributed by atoms with Crippen LogP contribution < -0.4 is 4.43 Å². The number of hydrogen-bond acceptors (Lipinski definition) is 2. The molecule has 1 aromatic rings. The van der Waals surface area contributed by atoms with E-state index >= 15 is 0 Å². The minimum absolute atomic E-state index is 0.127. The molecule has 0 fully saturated rings. The highest BCUT2D eigenvalue weighted by Crippen LogP contribution is 2.41. The molecule has 0 saturated heterocycles. The molecule has 1 rings (SSSR count). The van der Waals surface area contributed by atoms with E-state index in [4.69, 9.17) is 4.43 Å². The van der Waals surface area contributed by atoms with Crippen LogP contribution >= 0.6 is 15.9 Å². The average Bonchev–Trinajstić information content (AvgIpc) is 2.11. The quantitative estimate of drug-likeness (QED) is 0.813. The summed E-state index contributed by atoms with van der Waals surface area (Å²) in [6.45, 7) is 10.8. The summed E-state index contributed by atoms with van der Waals surface area (Å²) in [6.07, 6.45) is 0. The van der Waals surface area contributed by atoms with Gasteiger partial charge in [-0.1, -0.05) is 26.8 Å². The van der Waals surface area contributed by atoms with Crippen molar-refractivity contribution in [2.45, 2.75) is 38.9 Å². The van der Waals surface area contributed by atoms with Gasteiger partial charge < -0.3 is 9.53 Å². The number of halogens is 1. The molecule has 2 nitrogen and oxygen atoms in total. The van der Waals surface area contributed by atoms with Crippen molar-refractivity contribution in [2.75, 3.05) is 0 Å². The Labute approximate surface area is 107 Å². The first-order chi connectivity index (χ1) is 7.15. The van der Waals surface area contributed by atoms with Crippen LogP contribution in [0.3, 0.4) is 0 Å². The Morgan fingerprint density at radius 2 is 1.81 bits per heavy atom. The molecule has 0 spiro atoms. The largest absolute Gasteiger partial charge is 0.541 e. The first-order valence-electron chi connectivity index (χ1n) is 5.31. The SMILES string of the molecule is CC(C)(C)[Si](C)(C)Oc1cccc(Br)c1O. The van der Waals surface area contributed by atoms with Crippen LogP contribution in [-0.2, 0) is 0 Å². The van der Waals surface area contributed by atoms with E-state index in [9.17, 15) is 5.11 Å². The lowest BCUT2D eigenvalue weighted by atomic mass is 10.2. The van der Waals surface area contributed by atoms with Crippen LogP contribution in [0.4, 0.5) is 0 Å². The van der Waals surface area contributed by atoms with Gasteiger partial charge in [0.05, 0.1) is 4.47 Å². The third-order valence-electron chi connectivity index (χ3n) is 3.12. The number of benzene rings is 1. The molecule has 0 aliphatic carbocycles. The zero-order chi connectivity index (χ0) is 12.6. The van der Waals surface area contributed by atoms with Gasteiger partial charge in [0.1, 0.15) is 5.75 Å². The predicted molar refractivity (Wildman–Crippen MR) is 73.6 cm³/mol. The maximum atomic E-state index is 9.88. The van der Waals surface area contributed by atoms with Gasteiger partial charge in [0, 0.05) is 0 Å². The summed E-state index contributed by atoms with van der Waals surface area (Å²) in [5.74, 6) is 0.758. The van der Waals surface area contributed by atoms with Crippen LogP contribution in [0.5, 0.6) is 11.5 Å². The molecule has 0 aromatic heterocycles. The molecule has 0 bridgehead atoms. The van der Waals surface area contributed by atoms with Crippen molar-refractivity contribution in [3.05, 3.63) is 22.7 Å². The summed E-state index contributed by atoms with van der Waals surface area (Å²) >= 11 is 3.29. The Morgan fingerprint density at radius 1 is 1.25 bits per heavy atom. The minimum Gasteiger partial charge on any atom is -0.541 e. The van der Waals surface area contributed by atoms with Gasteiger partial charge in [-0.15, -0.1) is 0 Å². The van der Waals surface area contributed by atoms with Gasteiger partial charge in [-0.2, -0.15) is 0 Å². The summed E-state index contributed by atoms with van der Waals surface area (Å²) in [6, 6.07) is 5.47. The molecule has 0 aliphatic heterocycles. The minimum atomic E-state index is -1.88. The smallest absolute Gasteiger partial charge is 0.250 e. The average molecular weight is 303 g/mol. The Bertz CT molecular complexity index is 383. The molecule has 1 aromatic carbocycles. The Hall–Kier alpha value is -0.483. The van der Waals surface area contributed by atoms with Gasteiger partial charge in [0.2, 0.25) is 0 Å². The Balaban J connectivity index is 3.02. The molecule has 0 radical (unpaired) electrons. The summed E-state index contributed by atoms with van der Waals surface area (Å²) in [4.78, 5) is 0. The maximum Gasteiger partial charge on any atom is 0.250 e. The van der Waals surface area contributed by atoms with Crippen molar-refractivity contribution < 1.29 is 9.53 Å². The zero-order valence-corrected chi connectivity index (χ0v) is 13.1. The summed E-state index contributed by atoms with van der Waals surface area (Å²) in [7, 11) is -1.88. The number of phenolic OH excluding ortho intramolecular Hbond substituents is 1. The van der Waals surface area contributed by atoms with Gasteiger partial charge in [0.25, 0.3) is 8.32 Å². The van der Waals surface area contributed by atoms with Crippen LogP contribution in [0, 0.1) is 0 Å². The monoisotopic (exact) mass is 302 g/mol. The molecule has 0 unspecified atom stereocenters. The van der Waals surface area contributed by atoms with E-state index in [0.717, 1.165) is 0 Å². The molecule has 0 heterocycles. The van der Waals surface area contributed by atoms with Crippen LogP contribution in [0.2, 0.25) is 18.1 Å². The fraction of sp³-hybridized carbons (Fsp3) is 0.500. The van der Waals surface area contributed by atoms with E-state index in [1.807, 2.05) is 6.07 Å². The van der Waals surface area contributed by atoms with Gasteiger partial charge >= 0.3 is 0 Å². The second kappa shape index (κ2) is 4.41. The molecule has 0 atom stereocenters. The predicted octanol–water partition coefficient (Wildman–Crippen LogP) is 4.54. The van der Waals surface area contributed by atoms with E-state index < -0.39 is 8.32 Å². The fourth-order valence-corrected chi connectivity index (χ4v) is 2.37. The Kier molecular flexibility index (Phi) is 3.75. The van der Waals surface area contributed by atoms with Crippen LogP contribution in [0.25, 0.3) is 0 Å². The second-order valence-electron chi connectivity index (χ2n) is 5.45. The van der Waals surface area contributed by atoms with Crippen molar-refractivity contribution in [3.8, 4) is 11.5 Å². The van der Waals surface area contributed by atoms with Crippen LogP contribution in [-0.4, -0.2) is 13.4 Å². The molecule has 4 heteroatoms. The number of rotatable bonds is 2. The van der Waals surface area contributed by atoms with E-state index in [1.165, 1.54) is 0 Å². The standard InChI is InChI=1S/C12H19BrO2Si/c1-12(2,3)16(4,5)15-10-8-6-7-9(13)11(10)14/h6-8,14H,1-5H3. The van der Waals surface area contributed by atoms with Crippen molar-refractivity contribution in [3.63, 3.8) is 0 Å². The topological polar surface area (TPSA) is 29.5 Å². The normalized spacial score (nSPS) is 12.6. The molecule has 0 aliphatic rings. The third-order valence-corrected chi connectivity index (χ3v) is 8.10. The first kappa shape index (κ1) is 13.6. The number of aromatic hydroxyl groups is 1. The first-order valence-corrected chi connectivity index (χ1v) is 9.02. The molecule has 0 saturated carbocycles. The van der Waals surface area contributed by atoms with E-state index in [1.54, 1.807) is 12.1 Å². The highest BCUT2D eigenvalue weighted by Gasteiger charge is 2.39. The molecule has 16 heavy (non-hydrogen) atoms. The second-order valence-corrected chi connectivity index (χ2v) is 11.0. The van der Waals surface area contributed by atoms with Crippen LogP contribution in [0.15, 0.2) is 22.7 Å². The summed E-state index contributed by atoms with van der Waals surface area (Å²) in [5.41, 5.74) is 0. The van der Waals surface area contributed by atoms with Gasteiger partial charge in [-0.05, 0) is 46.2 Å². The number of para-hydroxylation sites is 1. The number of phenols is 1. The van der Waals surface area contributed by atoms with Crippen molar-refractivity contribution in [1.29, 1.82) is 0 Å². The maximum absolute atomic E-state index is 9.88. The van der Waals surface area contributed by atoms with Crippen molar-refractivity contribution in [1.82, 2.24) is 0 Å². The molecule has 0 amide bonds. The van der Waals surface area contributed by atoms with Gasteiger partial charge in [-0.3, -0.25) is 0 Å². The third kappa shape index (κ3) is 2.80. The highest BCUT2D eigenvalue weighted by molar-refractivity contribution is 9.10. The molecular formula is C12H19BrO2Si. The summed E-state index contributed by atoms with van der Waals surface area (Å²) in [5, 5.41) is 10.0. The van der Waals surface area contributed by atoms with Gasteiger partial charge in [-0.25, -0.2) is 0 Å². The molecular weight excluding hydrogens is 284 g/mol. The van der Waals surface area contributed by atoms with Crippen molar-refractivity contribution in [2.24, 2.45) is 0 Å². The molecule has 1 N–H and O–H groups in total. The Morgan fingerprint density at radius 3 is 2.31 bits per heavy atom. The van der Waals surface area contributed by atoms with Crippen molar-refractivity contribution >= 4 is 24.2 Å². The van der Waals surface area contributed by atoms with Crippen LogP contribution in [0.1, 0.15) is 20.8 Å². The van der Waals surface area contributed by atoms with Gasteiger partial charge in [0.15, 0.2) is 5.75 Å². The lowest BCUT2D eigenvalue weighted by Crippen LogP contribution is -2.43. The lowest BCUT2D eigenvalue weighted by molar-refractivity contribution is 0.419. The fourth-order valence-electron chi connectivity index (χ4n) is 1.01. The highest BCUT2D eigenvalue weighted by atomic mass is 79.9. The van der Waals surface area contributed by atoms with E-state index in [0.29, 0.717) is 10.2 Å². The zero-order valence-electron chi connectivity index (χ0n) is 10.5. The molecule has 90 valence electrons. The van der Waals surface area contributed by atoms with E-state index in [2.05, 4.69) is 49.8 Å². The van der Waals surface area contributed by atoms with E-state index in [-0.39, 0.29) is 10.8 Å². The summed E-state index contributed by atoms with van der Waals surface area (Å²) < 4.78 is 6.71. The lowest BCUT2D eigenvalue weighted by Gasteiger charge is -2.36. The number of hydrogen-bond donors (Lipinski definition) is 1.